The number of hydrogen-bond donors (Lipinski definition) is 1. The van der Waals surface area contributed by atoms with Gasteiger partial charge in [-0.15, -0.1) is 0 Å². The van der Waals surface area contributed by atoms with Crippen molar-refractivity contribution in [1.82, 2.24) is 5.32 Å². The first-order valence-corrected chi connectivity index (χ1v) is 8.74. The Morgan fingerprint density at radius 1 is 1.38 bits per heavy atom. The topological polar surface area (TPSA) is 21.3 Å². The van der Waals surface area contributed by atoms with E-state index in [1.165, 1.54) is 31.7 Å². The smallest absolute Gasteiger partial charge is 0.127 e. The zero-order valence-electron chi connectivity index (χ0n) is 12.5. The van der Waals surface area contributed by atoms with Gasteiger partial charge < -0.3 is 10.1 Å². The van der Waals surface area contributed by atoms with E-state index in [0.29, 0.717) is 24.1 Å². The second-order valence-electron chi connectivity index (χ2n) is 6.29. The van der Waals surface area contributed by atoms with E-state index in [4.69, 9.17) is 4.74 Å². The van der Waals surface area contributed by atoms with Crippen LogP contribution in [0.15, 0.2) is 22.7 Å². The van der Waals surface area contributed by atoms with Crippen LogP contribution >= 0.6 is 15.9 Å². The van der Waals surface area contributed by atoms with Crippen LogP contribution < -0.4 is 5.32 Å². The molecule has 21 heavy (non-hydrogen) atoms. The van der Waals surface area contributed by atoms with Gasteiger partial charge in [-0.3, -0.25) is 0 Å². The van der Waals surface area contributed by atoms with E-state index in [1.807, 2.05) is 6.07 Å². The van der Waals surface area contributed by atoms with Crippen molar-refractivity contribution in [3.63, 3.8) is 0 Å². The van der Waals surface area contributed by atoms with Crippen molar-refractivity contribution in [3.05, 3.63) is 34.1 Å². The quantitative estimate of drug-likeness (QED) is 0.844. The maximum Gasteiger partial charge on any atom is 0.127 e. The van der Waals surface area contributed by atoms with Crippen LogP contribution in [0.3, 0.4) is 0 Å². The molecule has 0 radical (unpaired) electrons. The van der Waals surface area contributed by atoms with Gasteiger partial charge in [-0.1, -0.05) is 28.8 Å². The average Bonchev–Trinajstić information content (AvgIpc) is 2.98. The number of halogens is 2. The molecule has 0 bridgehead atoms. The standard InChI is InChI=1S/C17H23BrFNO/c1-2-21-16-10-15(17(16)7-3-4-8-17)20-11-12-9-13(18)5-6-14(12)19/h5-6,9,15-16,20H,2-4,7-8,10-11H2,1H3. The molecule has 0 aliphatic heterocycles. The first kappa shape index (κ1) is 15.4. The third kappa shape index (κ3) is 2.90. The molecule has 2 unspecified atom stereocenters. The molecule has 2 aliphatic rings. The molecule has 3 rings (SSSR count). The Labute approximate surface area is 134 Å². The second kappa shape index (κ2) is 6.35. The van der Waals surface area contributed by atoms with E-state index < -0.39 is 0 Å². The zero-order chi connectivity index (χ0) is 14.9. The van der Waals surface area contributed by atoms with Gasteiger partial charge in [0.15, 0.2) is 0 Å². The van der Waals surface area contributed by atoms with Crippen LogP contribution in [0.25, 0.3) is 0 Å². The van der Waals surface area contributed by atoms with E-state index in [9.17, 15) is 4.39 Å². The number of hydrogen-bond acceptors (Lipinski definition) is 2. The maximum absolute atomic E-state index is 13.8. The Morgan fingerprint density at radius 3 is 2.86 bits per heavy atom. The van der Waals surface area contributed by atoms with E-state index in [2.05, 4.69) is 28.2 Å². The van der Waals surface area contributed by atoms with Crippen LogP contribution in [-0.2, 0) is 11.3 Å². The van der Waals surface area contributed by atoms with E-state index in [1.54, 1.807) is 6.07 Å². The lowest BCUT2D eigenvalue weighted by Gasteiger charge is -2.54. The van der Waals surface area contributed by atoms with Gasteiger partial charge in [-0.2, -0.15) is 0 Å². The Bertz CT molecular complexity index is 502. The number of rotatable bonds is 5. The highest BCUT2D eigenvalue weighted by molar-refractivity contribution is 9.10. The molecule has 0 heterocycles. The molecule has 0 saturated heterocycles. The molecule has 1 N–H and O–H groups in total. The zero-order valence-corrected chi connectivity index (χ0v) is 14.1. The summed E-state index contributed by atoms with van der Waals surface area (Å²) in [6, 6.07) is 5.60. The lowest BCUT2D eigenvalue weighted by molar-refractivity contribution is -0.130. The van der Waals surface area contributed by atoms with Crippen LogP contribution in [0.5, 0.6) is 0 Å². The highest BCUT2D eigenvalue weighted by Gasteiger charge is 2.56. The molecule has 1 aromatic carbocycles. The first-order chi connectivity index (χ1) is 10.2. The molecule has 2 aliphatic carbocycles. The van der Waals surface area contributed by atoms with Crippen molar-refractivity contribution >= 4 is 15.9 Å². The Kier molecular flexibility index (Phi) is 4.67. The minimum absolute atomic E-state index is 0.133. The molecular weight excluding hydrogens is 333 g/mol. The van der Waals surface area contributed by atoms with Gasteiger partial charge in [0.25, 0.3) is 0 Å². The lowest BCUT2D eigenvalue weighted by atomic mass is 9.60. The molecular formula is C17H23BrFNO. The molecule has 2 atom stereocenters. The predicted octanol–water partition coefficient (Wildman–Crippen LogP) is 4.42. The predicted molar refractivity (Wildman–Crippen MR) is 85.7 cm³/mol. The number of nitrogens with one attached hydrogen (secondary N) is 1. The normalized spacial score (nSPS) is 27.0. The van der Waals surface area contributed by atoms with Crippen LogP contribution in [0.2, 0.25) is 0 Å². The molecule has 0 aromatic heterocycles. The Balaban J connectivity index is 1.64. The van der Waals surface area contributed by atoms with E-state index in [0.717, 1.165) is 23.1 Å². The summed E-state index contributed by atoms with van der Waals surface area (Å²) in [5.41, 5.74) is 1.04. The fourth-order valence-corrected chi connectivity index (χ4v) is 4.49. The van der Waals surface area contributed by atoms with Crippen LogP contribution in [0, 0.1) is 11.2 Å². The molecule has 116 valence electrons. The van der Waals surface area contributed by atoms with Gasteiger partial charge in [0.05, 0.1) is 6.10 Å². The highest BCUT2D eigenvalue weighted by atomic mass is 79.9. The van der Waals surface area contributed by atoms with Gasteiger partial charge in [-0.05, 0) is 44.4 Å². The van der Waals surface area contributed by atoms with Gasteiger partial charge in [0.2, 0.25) is 0 Å². The van der Waals surface area contributed by atoms with Gasteiger partial charge in [0.1, 0.15) is 5.82 Å². The molecule has 2 saturated carbocycles. The van der Waals surface area contributed by atoms with Crippen molar-refractivity contribution in [2.45, 2.75) is 57.7 Å². The van der Waals surface area contributed by atoms with Gasteiger partial charge >= 0.3 is 0 Å². The minimum atomic E-state index is -0.133. The summed E-state index contributed by atoms with van der Waals surface area (Å²) in [4.78, 5) is 0. The Morgan fingerprint density at radius 2 is 2.14 bits per heavy atom. The van der Waals surface area contributed by atoms with Gasteiger partial charge in [0, 0.05) is 34.6 Å². The maximum atomic E-state index is 13.8. The van der Waals surface area contributed by atoms with E-state index in [-0.39, 0.29) is 5.82 Å². The summed E-state index contributed by atoms with van der Waals surface area (Å²) < 4.78 is 20.7. The number of ether oxygens (including phenoxy) is 1. The fourth-order valence-electron chi connectivity index (χ4n) is 4.08. The molecule has 0 amide bonds. The third-order valence-electron chi connectivity index (χ3n) is 5.23. The monoisotopic (exact) mass is 355 g/mol. The molecule has 2 fully saturated rings. The summed E-state index contributed by atoms with van der Waals surface area (Å²) in [6.45, 7) is 3.45. The van der Waals surface area contributed by atoms with Crippen molar-refractivity contribution < 1.29 is 9.13 Å². The van der Waals surface area contributed by atoms with Gasteiger partial charge in [-0.25, -0.2) is 4.39 Å². The fraction of sp³-hybridized carbons (Fsp3) is 0.647. The first-order valence-electron chi connectivity index (χ1n) is 7.94. The molecule has 4 heteroatoms. The van der Waals surface area contributed by atoms with Crippen LogP contribution in [0.1, 0.15) is 44.6 Å². The third-order valence-corrected chi connectivity index (χ3v) is 5.73. The van der Waals surface area contributed by atoms with Crippen molar-refractivity contribution in [2.75, 3.05) is 6.61 Å². The van der Waals surface area contributed by atoms with Crippen molar-refractivity contribution in [1.29, 1.82) is 0 Å². The Hall–Kier alpha value is -0.450. The second-order valence-corrected chi connectivity index (χ2v) is 7.20. The summed E-state index contributed by atoms with van der Waals surface area (Å²) in [6.07, 6.45) is 6.55. The van der Waals surface area contributed by atoms with Crippen LogP contribution in [0.4, 0.5) is 4.39 Å². The average molecular weight is 356 g/mol. The van der Waals surface area contributed by atoms with E-state index >= 15 is 0 Å². The summed E-state index contributed by atoms with van der Waals surface area (Å²) in [7, 11) is 0. The minimum Gasteiger partial charge on any atom is -0.378 e. The van der Waals surface area contributed by atoms with Crippen LogP contribution in [-0.4, -0.2) is 18.8 Å². The summed E-state index contributed by atoms with van der Waals surface area (Å²) >= 11 is 3.41. The van der Waals surface area contributed by atoms with Crippen molar-refractivity contribution in [3.8, 4) is 0 Å². The lowest BCUT2D eigenvalue weighted by Crippen LogP contribution is -2.62. The molecule has 1 spiro atoms. The van der Waals surface area contributed by atoms with Crippen molar-refractivity contribution in [2.24, 2.45) is 5.41 Å². The molecule has 2 nitrogen and oxygen atoms in total. The summed E-state index contributed by atoms with van der Waals surface area (Å²) in [5.74, 6) is -0.133. The SMILES string of the molecule is CCOC1CC(NCc2cc(Br)ccc2F)C12CCCC2. The summed E-state index contributed by atoms with van der Waals surface area (Å²) in [5, 5.41) is 3.58. The largest absolute Gasteiger partial charge is 0.378 e. The highest BCUT2D eigenvalue weighted by Crippen LogP contribution is 2.54. The molecule has 1 aromatic rings. The number of benzene rings is 1.